The highest BCUT2D eigenvalue weighted by Crippen LogP contribution is 2.51. The number of halogens is 6. The second-order valence-corrected chi connectivity index (χ2v) is 11.0. The Kier molecular flexibility index (Phi) is 12.4. The Morgan fingerprint density at radius 3 is 2.07 bits per heavy atom. The lowest BCUT2D eigenvalue weighted by atomic mass is 9.88. The van der Waals surface area contributed by atoms with Gasteiger partial charge in [0.25, 0.3) is 11.5 Å². The number of alkyl halides is 6. The minimum atomic E-state index is -6.00. The number of hydrogen-bond acceptors (Lipinski definition) is 5. The van der Waals surface area contributed by atoms with E-state index in [-0.39, 0.29) is 42.6 Å². The predicted molar refractivity (Wildman–Crippen MR) is 157 cm³/mol. The summed E-state index contributed by atoms with van der Waals surface area (Å²) in [6.45, 7) is 12.5. The van der Waals surface area contributed by atoms with Crippen LogP contribution in [0.15, 0.2) is 36.4 Å². The molecule has 2 aromatic rings. The molecular weight excluding hydrogens is 606 g/mol. The number of imide groups is 1. The molecule has 0 radical (unpaired) electrons. The van der Waals surface area contributed by atoms with Gasteiger partial charge in [-0.1, -0.05) is 39.3 Å². The first kappa shape index (κ1) is 37.7. The van der Waals surface area contributed by atoms with Gasteiger partial charge < -0.3 is 19.9 Å². The molecule has 1 unspecified atom stereocenters. The number of benzene rings is 2. The smallest absolute Gasteiger partial charge is 0.430 e. The van der Waals surface area contributed by atoms with Gasteiger partial charge in [0.1, 0.15) is 17.0 Å². The number of nitrogens with one attached hydrogen (secondary N) is 1. The molecule has 1 saturated heterocycles. The second kappa shape index (κ2) is 14.7. The predicted octanol–water partition coefficient (Wildman–Crippen LogP) is 7.70. The Balaban J connectivity index is 0.00000345. The van der Waals surface area contributed by atoms with Crippen molar-refractivity contribution in [1.82, 2.24) is 10.2 Å². The lowest BCUT2D eigenvalue weighted by Crippen LogP contribution is -2.54. The van der Waals surface area contributed by atoms with Gasteiger partial charge in [-0.3, -0.25) is 9.69 Å². The van der Waals surface area contributed by atoms with E-state index in [1.807, 2.05) is 27.7 Å². The van der Waals surface area contributed by atoms with E-state index in [2.05, 4.69) is 5.32 Å². The molecule has 3 amide bonds. The van der Waals surface area contributed by atoms with Crippen LogP contribution in [0.25, 0.3) is 0 Å². The highest BCUT2D eigenvalue weighted by Gasteiger charge is 2.71. The summed E-state index contributed by atoms with van der Waals surface area (Å²) < 4.78 is 92.1. The fourth-order valence-corrected chi connectivity index (χ4v) is 4.99. The van der Waals surface area contributed by atoms with E-state index in [0.717, 1.165) is 4.90 Å². The molecule has 0 saturated carbocycles. The summed E-state index contributed by atoms with van der Waals surface area (Å²) in [5.41, 5.74) is -6.95. The zero-order chi connectivity index (χ0) is 34.4. The number of unbranched alkanes of at least 4 members (excludes halogenated alkanes) is 1. The van der Waals surface area contributed by atoms with Gasteiger partial charge in [-0.15, -0.1) is 0 Å². The van der Waals surface area contributed by atoms with E-state index in [4.69, 9.17) is 9.47 Å². The average molecular weight is 649 g/mol. The van der Waals surface area contributed by atoms with Gasteiger partial charge in [0, 0.05) is 12.1 Å². The van der Waals surface area contributed by atoms with Crippen LogP contribution in [0, 0.1) is 6.92 Å². The molecule has 1 atom stereocenters. The number of urea groups is 1. The van der Waals surface area contributed by atoms with Gasteiger partial charge in [-0.2, -0.15) is 26.3 Å². The van der Waals surface area contributed by atoms with Gasteiger partial charge in [0.15, 0.2) is 0 Å². The van der Waals surface area contributed by atoms with E-state index in [1.54, 1.807) is 38.1 Å². The van der Waals surface area contributed by atoms with Crippen molar-refractivity contribution >= 4 is 11.9 Å². The Morgan fingerprint density at radius 2 is 1.56 bits per heavy atom. The molecule has 2 N–H and O–H groups in total. The van der Waals surface area contributed by atoms with Crippen LogP contribution in [0.2, 0.25) is 0 Å². The summed E-state index contributed by atoms with van der Waals surface area (Å²) in [7, 11) is 0. The maximum absolute atomic E-state index is 13.4. The van der Waals surface area contributed by atoms with Crippen LogP contribution < -0.4 is 14.8 Å². The molecule has 0 bridgehead atoms. The molecule has 1 fully saturated rings. The van der Waals surface area contributed by atoms with Crippen molar-refractivity contribution in [1.29, 1.82) is 0 Å². The van der Waals surface area contributed by atoms with Crippen molar-refractivity contribution in [3.63, 3.8) is 0 Å². The van der Waals surface area contributed by atoms with Gasteiger partial charge in [-0.25, -0.2) is 4.79 Å². The van der Waals surface area contributed by atoms with Crippen molar-refractivity contribution < 1.29 is 50.5 Å². The van der Waals surface area contributed by atoms with Crippen LogP contribution >= 0.6 is 0 Å². The quantitative estimate of drug-likeness (QED) is 0.140. The minimum Gasteiger partial charge on any atom is -0.493 e. The number of nitrogens with zero attached hydrogens (tertiary/aromatic N) is 1. The molecule has 45 heavy (non-hydrogen) atoms. The number of carbonyl (C=O) groups is 2. The zero-order valence-corrected chi connectivity index (χ0v) is 26.6. The van der Waals surface area contributed by atoms with Crippen LogP contribution in [0.3, 0.4) is 0 Å². The number of hydrogen-bond donors (Lipinski definition) is 2. The molecule has 7 nitrogen and oxygen atoms in total. The average Bonchev–Trinajstić information content (AvgIpc) is 3.17. The maximum Gasteiger partial charge on any atom is 0.430 e. The minimum absolute atomic E-state index is 0.00236. The highest BCUT2D eigenvalue weighted by atomic mass is 19.4. The van der Waals surface area contributed by atoms with Crippen molar-refractivity contribution in [2.24, 2.45) is 0 Å². The van der Waals surface area contributed by atoms with Crippen LogP contribution in [-0.4, -0.2) is 53.6 Å². The van der Waals surface area contributed by atoms with Crippen molar-refractivity contribution in [3.05, 3.63) is 58.7 Å². The van der Waals surface area contributed by atoms with Crippen LogP contribution in [-0.2, 0) is 22.4 Å². The Labute approximate surface area is 259 Å². The molecule has 2 aromatic carbocycles. The summed E-state index contributed by atoms with van der Waals surface area (Å²) in [5.74, 6) is 0.318. The van der Waals surface area contributed by atoms with Crippen molar-refractivity contribution in [3.8, 4) is 11.5 Å². The monoisotopic (exact) mass is 648 g/mol. The molecule has 1 aliphatic heterocycles. The lowest BCUT2D eigenvalue weighted by molar-refractivity contribution is -0.376. The number of carbonyl (C=O) groups excluding carboxylic acids is 2. The van der Waals surface area contributed by atoms with Gasteiger partial charge in [0.05, 0.1) is 12.7 Å². The first-order chi connectivity index (χ1) is 20.9. The molecule has 252 valence electrons. The highest BCUT2D eigenvalue weighted by molar-refractivity contribution is 6.07. The van der Waals surface area contributed by atoms with E-state index >= 15 is 0 Å². The maximum atomic E-state index is 13.4. The van der Waals surface area contributed by atoms with Gasteiger partial charge >= 0.3 is 18.4 Å². The summed E-state index contributed by atoms with van der Waals surface area (Å²) in [4.78, 5) is 26.9. The molecule has 0 spiro atoms. The molecule has 3 rings (SSSR count). The van der Waals surface area contributed by atoms with Gasteiger partial charge in [-0.05, 0) is 87.9 Å². The first-order valence-corrected chi connectivity index (χ1v) is 14.9. The van der Waals surface area contributed by atoms with Gasteiger partial charge in [0.2, 0.25) is 0 Å². The molecule has 13 heteroatoms. The standard InChI is InChI=1S/C30H36F6N2O5.C2H6/c1-6-9-20-17-22(28(41,29(31,32)33)30(34,35)36)16-19(4)24(20)42-15-8-7-14-38-25(39)27(5,37-26(38)40)21-10-12-23(13-11-21)43-18(2)3;1-2/h10-13,16-18,41H,6-9,14-15H2,1-5H3,(H,37,40);1-2H3. The molecule has 1 heterocycles. The molecular formula is C32H42F6N2O5. The van der Waals surface area contributed by atoms with Crippen LogP contribution in [0.5, 0.6) is 11.5 Å². The lowest BCUT2D eigenvalue weighted by Gasteiger charge is -2.33. The summed E-state index contributed by atoms with van der Waals surface area (Å²) >= 11 is 0. The van der Waals surface area contributed by atoms with E-state index in [1.165, 1.54) is 6.92 Å². The Morgan fingerprint density at radius 1 is 0.978 bits per heavy atom. The second-order valence-electron chi connectivity index (χ2n) is 11.0. The van der Waals surface area contributed by atoms with E-state index in [0.29, 0.717) is 42.7 Å². The fraction of sp³-hybridized carbons (Fsp3) is 0.562. The number of amides is 3. The Hall–Kier alpha value is -3.48. The van der Waals surface area contributed by atoms with E-state index in [9.17, 15) is 41.0 Å². The summed E-state index contributed by atoms with van der Waals surface area (Å²) in [5, 5.41) is 12.6. The number of aliphatic hydroxyl groups is 1. The molecule has 0 aromatic heterocycles. The fourth-order valence-electron chi connectivity index (χ4n) is 4.99. The third-order valence-electron chi connectivity index (χ3n) is 7.21. The third-order valence-corrected chi connectivity index (χ3v) is 7.21. The summed E-state index contributed by atoms with van der Waals surface area (Å²) in [6, 6.07) is 7.60. The SMILES string of the molecule is CC.CCCc1cc(C(O)(C(F)(F)F)C(F)(F)F)cc(C)c1OCCCCN1C(=O)NC(C)(c2ccc(OC(C)C)cc2)C1=O. The van der Waals surface area contributed by atoms with Crippen molar-refractivity contribution in [2.45, 2.75) is 104 Å². The third kappa shape index (κ3) is 8.03. The molecule has 0 aliphatic carbocycles. The van der Waals surface area contributed by atoms with Crippen molar-refractivity contribution in [2.75, 3.05) is 13.2 Å². The van der Waals surface area contributed by atoms with E-state index < -0.39 is 41.0 Å². The number of aryl methyl sites for hydroxylation is 2. The first-order valence-electron chi connectivity index (χ1n) is 14.9. The van der Waals surface area contributed by atoms with Crippen LogP contribution in [0.4, 0.5) is 31.1 Å². The Bertz CT molecular complexity index is 1300. The number of ether oxygens (including phenoxy) is 2. The zero-order valence-electron chi connectivity index (χ0n) is 26.6. The normalized spacial score (nSPS) is 17.3. The largest absolute Gasteiger partial charge is 0.493 e. The topological polar surface area (TPSA) is 88.1 Å². The van der Waals surface area contributed by atoms with Crippen LogP contribution in [0.1, 0.15) is 83.1 Å². The summed E-state index contributed by atoms with van der Waals surface area (Å²) in [6.07, 6.45) is -10.8. The molecule has 1 aliphatic rings. The number of rotatable bonds is 12.